The minimum Gasteiger partial charge on any atom is -0.454 e. The summed E-state index contributed by atoms with van der Waals surface area (Å²) in [5.74, 6) is 2.48. The van der Waals surface area contributed by atoms with Crippen molar-refractivity contribution in [3.63, 3.8) is 0 Å². The first-order valence-corrected chi connectivity index (χ1v) is 9.25. The largest absolute Gasteiger partial charge is 0.454 e. The lowest BCUT2D eigenvalue weighted by molar-refractivity contribution is -0.00805. The number of rotatable bonds is 4. The van der Waals surface area contributed by atoms with Crippen molar-refractivity contribution < 1.29 is 14.2 Å². The highest BCUT2D eigenvalue weighted by atomic mass is 16.7. The second-order valence-electron chi connectivity index (χ2n) is 6.61. The van der Waals surface area contributed by atoms with Crippen molar-refractivity contribution in [3.05, 3.63) is 41.7 Å². The van der Waals surface area contributed by atoms with Crippen LogP contribution in [0, 0.1) is 0 Å². The van der Waals surface area contributed by atoms with Crippen molar-refractivity contribution in [2.24, 2.45) is 12.0 Å². The molecule has 1 aromatic carbocycles. The van der Waals surface area contributed by atoms with Crippen molar-refractivity contribution in [3.8, 4) is 11.5 Å². The zero-order valence-electron chi connectivity index (χ0n) is 15.7. The van der Waals surface area contributed by atoms with Gasteiger partial charge < -0.3 is 24.4 Å². The molecule has 1 aromatic heterocycles. The normalized spacial score (nSPS) is 19.4. The molecule has 1 unspecified atom stereocenters. The molecule has 2 aromatic rings. The molecule has 2 aliphatic heterocycles. The Bertz CT molecular complexity index is 819. The van der Waals surface area contributed by atoms with E-state index < -0.39 is 0 Å². The van der Waals surface area contributed by atoms with Crippen LogP contribution in [0.3, 0.4) is 0 Å². The fourth-order valence-electron chi connectivity index (χ4n) is 3.28. The number of morpholine rings is 1. The maximum atomic E-state index is 5.94. The number of aliphatic imine (C=N–C) groups is 1. The van der Waals surface area contributed by atoms with Crippen LogP contribution in [0.4, 0.5) is 0 Å². The molecule has 8 heteroatoms. The van der Waals surface area contributed by atoms with Crippen LogP contribution < -0.4 is 14.8 Å². The first-order valence-electron chi connectivity index (χ1n) is 9.25. The van der Waals surface area contributed by atoms with Crippen LogP contribution in [0.2, 0.25) is 0 Å². The van der Waals surface area contributed by atoms with Crippen LogP contribution in [-0.2, 0) is 18.3 Å². The molecular formula is C19H25N5O3. The van der Waals surface area contributed by atoms with Crippen molar-refractivity contribution in [1.82, 2.24) is 20.0 Å². The van der Waals surface area contributed by atoms with E-state index in [1.165, 1.54) is 0 Å². The van der Waals surface area contributed by atoms with E-state index in [-0.39, 0.29) is 12.9 Å². The number of ether oxygens (including phenoxy) is 3. The summed E-state index contributed by atoms with van der Waals surface area (Å²) in [6.45, 7) is 5.97. The van der Waals surface area contributed by atoms with E-state index in [0.717, 1.165) is 48.2 Å². The van der Waals surface area contributed by atoms with Crippen LogP contribution >= 0.6 is 0 Å². The Hall–Kier alpha value is -2.74. The summed E-state index contributed by atoms with van der Waals surface area (Å²) >= 11 is 0. The Morgan fingerprint density at radius 3 is 3.04 bits per heavy atom. The molecule has 4 rings (SSSR count). The maximum absolute atomic E-state index is 5.94. The molecule has 1 N–H and O–H groups in total. The smallest absolute Gasteiger partial charge is 0.231 e. The van der Waals surface area contributed by atoms with E-state index in [9.17, 15) is 0 Å². The van der Waals surface area contributed by atoms with Gasteiger partial charge in [0, 0.05) is 31.9 Å². The molecule has 0 amide bonds. The van der Waals surface area contributed by atoms with E-state index in [4.69, 9.17) is 19.2 Å². The third-order valence-electron chi connectivity index (χ3n) is 4.65. The molecule has 1 saturated heterocycles. The minimum absolute atomic E-state index is 0.00171. The molecule has 1 atom stereocenters. The van der Waals surface area contributed by atoms with E-state index in [0.29, 0.717) is 13.2 Å². The highest BCUT2D eigenvalue weighted by Gasteiger charge is 2.25. The number of benzene rings is 1. The Kier molecular flexibility index (Phi) is 5.15. The lowest BCUT2D eigenvalue weighted by atomic mass is 10.1. The van der Waals surface area contributed by atoms with E-state index in [1.54, 1.807) is 4.68 Å². The summed E-state index contributed by atoms with van der Waals surface area (Å²) in [6, 6.07) is 5.96. The SMILES string of the molecule is CCNC(=NCc1ccc2c(c1)OCO2)N1CCOC(c2cnn(C)c2)C1. The molecule has 0 spiro atoms. The first-order chi connectivity index (χ1) is 13.2. The molecule has 144 valence electrons. The molecule has 0 saturated carbocycles. The van der Waals surface area contributed by atoms with Gasteiger partial charge in [-0.05, 0) is 24.6 Å². The number of hydrogen-bond acceptors (Lipinski definition) is 5. The highest BCUT2D eigenvalue weighted by molar-refractivity contribution is 5.80. The van der Waals surface area contributed by atoms with Gasteiger partial charge in [0.15, 0.2) is 17.5 Å². The highest BCUT2D eigenvalue weighted by Crippen LogP contribution is 2.32. The summed E-state index contributed by atoms with van der Waals surface area (Å²) in [5, 5.41) is 7.65. The molecule has 3 heterocycles. The van der Waals surface area contributed by atoms with Crippen LogP contribution in [0.5, 0.6) is 11.5 Å². The average Bonchev–Trinajstić information content (AvgIpc) is 3.33. The third-order valence-corrected chi connectivity index (χ3v) is 4.65. The van der Waals surface area contributed by atoms with Crippen LogP contribution in [0.25, 0.3) is 0 Å². The third kappa shape index (κ3) is 4.00. The fraction of sp³-hybridized carbons (Fsp3) is 0.474. The number of guanidine groups is 1. The number of nitrogens with zero attached hydrogens (tertiary/aromatic N) is 4. The first kappa shape index (κ1) is 17.7. The number of aryl methyl sites for hydroxylation is 1. The molecule has 2 aliphatic rings. The van der Waals surface area contributed by atoms with Gasteiger partial charge >= 0.3 is 0 Å². The van der Waals surface area contributed by atoms with E-state index in [1.807, 2.05) is 37.6 Å². The van der Waals surface area contributed by atoms with Gasteiger partial charge in [0.2, 0.25) is 6.79 Å². The van der Waals surface area contributed by atoms with Crippen molar-refractivity contribution in [1.29, 1.82) is 0 Å². The number of fused-ring (bicyclic) bond motifs is 1. The predicted octanol–water partition coefficient (Wildman–Crippen LogP) is 1.69. The zero-order valence-corrected chi connectivity index (χ0v) is 15.7. The van der Waals surface area contributed by atoms with Gasteiger partial charge in [-0.2, -0.15) is 5.10 Å². The van der Waals surface area contributed by atoms with Gasteiger partial charge in [-0.3, -0.25) is 4.68 Å². The lowest BCUT2D eigenvalue weighted by Crippen LogP contribution is -2.48. The van der Waals surface area contributed by atoms with Gasteiger partial charge in [0.1, 0.15) is 6.10 Å². The monoisotopic (exact) mass is 371 g/mol. The Balaban J connectivity index is 1.47. The summed E-state index contributed by atoms with van der Waals surface area (Å²) in [6.07, 6.45) is 3.87. The minimum atomic E-state index is 0.00171. The number of hydrogen-bond donors (Lipinski definition) is 1. The Labute approximate surface area is 158 Å². The topological polar surface area (TPSA) is 73.1 Å². The number of nitrogens with one attached hydrogen (secondary N) is 1. The lowest BCUT2D eigenvalue weighted by Gasteiger charge is -2.34. The van der Waals surface area contributed by atoms with Crippen molar-refractivity contribution in [2.75, 3.05) is 33.0 Å². The summed E-state index contributed by atoms with van der Waals surface area (Å²) in [4.78, 5) is 7.07. The van der Waals surface area contributed by atoms with Crippen LogP contribution in [0.15, 0.2) is 35.6 Å². The summed E-state index contributed by atoms with van der Waals surface area (Å²) < 4.78 is 18.6. The molecule has 27 heavy (non-hydrogen) atoms. The van der Waals surface area contributed by atoms with E-state index in [2.05, 4.69) is 22.2 Å². The summed E-state index contributed by atoms with van der Waals surface area (Å²) in [5.41, 5.74) is 2.18. The molecular weight excluding hydrogens is 346 g/mol. The van der Waals surface area contributed by atoms with Gasteiger partial charge in [-0.15, -0.1) is 0 Å². The fourth-order valence-corrected chi connectivity index (χ4v) is 3.28. The van der Waals surface area contributed by atoms with Crippen LogP contribution in [-0.4, -0.2) is 53.7 Å². The Morgan fingerprint density at radius 2 is 2.22 bits per heavy atom. The van der Waals surface area contributed by atoms with Crippen molar-refractivity contribution >= 4 is 5.96 Å². The Morgan fingerprint density at radius 1 is 1.33 bits per heavy atom. The average molecular weight is 371 g/mol. The van der Waals surface area contributed by atoms with Gasteiger partial charge in [0.05, 0.1) is 25.9 Å². The number of aromatic nitrogens is 2. The molecule has 0 radical (unpaired) electrons. The van der Waals surface area contributed by atoms with Gasteiger partial charge in [-0.1, -0.05) is 6.07 Å². The van der Waals surface area contributed by atoms with Gasteiger partial charge in [-0.25, -0.2) is 4.99 Å². The summed E-state index contributed by atoms with van der Waals surface area (Å²) in [7, 11) is 1.92. The second kappa shape index (κ2) is 7.87. The molecule has 8 nitrogen and oxygen atoms in total. The molecule has 0 bridgehead atoms. The predicted molar refractivity (Wildman–Crippen MR) is 101 cm³/mol. The standard InChI is InChI=1S/C19H25N5O3/c1-3-20-19(21-9-14-4-5-16-17(8-14)27-13-26-16)24-6-7-25-18(12-24)15-10-22-23(2)11-15/h4-5,8,10-11,18H,3,6-7,9,12-13H2,1-2H3,(H,20,21). The van der Waals surface area contributed by atoms with Crippen molar-refractivity contribution in [2.45, 2.75) is 19.6 Å². The second-order valence-corrected chi connectivity index (χ2v) is 6.61. The maximum Gasteiger partial charge on any atom is 0.231 e. The zero-order chi connectivity index (χ0) is 18.6. The van der Waals surface area contributed by atoms with Gasteiger partial charge in [0.25, 0.3) is 0 Å². The molecule has 0 aliphatic carbocycles. The quantitative estimate of drug-likeness (QED) is 0.651. The molecule has 1 fully saturated rings. The van der Waals surface area contributed by atoms with Crippen LogP contribution in [0.1, 0.15) is 24.2 Å². The van der Waals surface area contributed by atoms with E-state index >= 15 is 0 Å².